The number of halogens is 1. The molecule has 0 aromatic heterocycles. The first-order valence-corrected chi connectivity index (χ1v) is 8.46. The average Bonchev–Trinajstić information content (AvgIpc) is 3.11. The molecular weight excluding hydrogens is 413 g/mol. The summed E-state index contributed by atoms with van der Waals surface area (Å²) in [6.07, 6.45) is 2.62. The van der Waals surface area contributed by atoms with Gasteiger partial charge in [-0.15, -0.1) is 24.0 Å². The molecule has 1 atom stereocenters. The normalized spacial score (nSPS) is 17.5. The van der Waals surface area contributed by atoms with Crippen molar-refractivity contribution in [3.63, 3.8) is 0 Å². The van der Waals surface area contributed by atoms with Gasteiger partial charge in [-0.25, -0.2) is 4.99 Å². The largest absolute Gasteiger partial charge is 0.376 e. The number of ether oxygens (including phenoxy) is 1. The first-order chi connectivity index (χ1) is 11.3. The fourth-order valence-corrected chi connectivity index (χ4v) is 2.87. The lowest BCUT2D eigenvalue weighted by Gasteiger charge is -2.14. The molecule has 2 N–H and O–H groups in total. The van der Waals surface area contributed by atoms with Gasteiger partial charge in [0.15, 0.2) is 5.96 Å². The van der Waals surface area contributed by atoms with Gasteiger partial charge in [0.1, 0.15) is 0 Å². The molecule has 0 aliphatic carbocycles. The third-order valence-electron chi connectivity index (χ3n) is 4.10. The van der Waals surface area contributed by atoms with Gasteiger partial charge in [-0.3, -0.25) is 0 Å². The zero-order chi connectivity index (χ0) is 15.9. The van der Waals surface area contributed by atoms with E-state index in [4.69, 9.17) is 9.73 Å². The zero-order valence-corrected chi connectivity index (χ0v) is 16.5. The van der Waals surface area contributed by atoms with Crippen molar-refractivity contribution in [2.45, 2.75) is 32.4 Å². The fraction of sp³-hybridized carbons (Fsp3) is 0.421. The van der Waals surface area contributed by atoms with Crippen LogP contribution in [0.1, 0.15) is 25.3 Å². The first kappa shape index (κ1) is 19.0. The van der Waals surface area contributed by atoms with E-state index in [0.717, 1.165) is 38.5 Å². The molecule has 0 amide bonds. The van der Waals surface area contributed by atoms with E-state index in [2.05, 4.69) is 60.0 Å². The van der Waals surface area contributed by atoms with E-state index in [1.165, 1.54) is 16.3 Å². The second kappa shape index (κ2) is 9.84. The minimum absolute atomic E-state index is 0. The number of guanidine groups is 1. The molecule has 3 rings (SSSR count). The van der Waals surface area contributed by atoms with E-state index in [9.17, 15) is 0 Å². The molecule has 130 valence electrons. The van der Waals surface area contributed by atoms with Crippen LogP contribution in [0, 0.1) is 0 Å². The van der Waals surface area contributed by atoms with Crippen molar-refractivity contribution in [1.29, 1.82) is 0 Å². The molecule has 1 fully saturated rings. The van der Waals surface area contributed by atoms with E-state index < -0.39 is 0 Å². The Morgan fingerprint density at radius 1 is 1.17 bits per heavy atom. The molecule has 1 aliphatic rings. The van der Waals surface area contributed by atoms with Crippen molar-refractivity contribution >= 4 is 40.7 Å². The van der Waals surface area contributed by atoms with Crippen molar-refractivity contribution in [2.75, 3.05) is 19.7 Å². The van der Waals surface area contributed by atoms with Crippen molar-refractivity contribution in [1.82, 2.24) is 10.6 Å². The number of rotatable bonds is 5. The highest BCUT2D eigenvalue weighted by molar-refractivity contribution is 14.0. The van der Waals surface area contributed by atoms with E-state index in [1.807, 2.05) is 0 Å². The molecule has 0 bridgehead atoms. The predicted molar refractivity (Wildman–Crippen MR) is 111 cm³/mol. The maximum atomic E-state index is 5.65. The van der Waals surface area contributed by atoms with E-state index >= 15 is 0 Å². The summed E-state index contributed by atoms with van der Waals surface area (Å²) in [6, 6.07) is 14.9. The Bertz CT molecular complexity index is 668. The number of benzene rings is 2. The SMILES string of the molecule is CCNC(=NCc1ccc2ccccc2c1)NCC1CCCO1.I. The number of aliphatic imine (C=N–C) groups is 1. The van der Waals surface area contributed by atoms with Crippen LogP contribution in [0.4, 0.5) is 0 Å². The van der Waals surface area contributed by atoms with Crippen molar-refractivity contribution in [3.05, 3.63) is 48.0 Å². The second-order valence-electron chi connectivity index (χ2n) is 5.89. The van der Waals surface area contributed by atoms with Crippen LogP contribution >= 0.6 is 24.0 Å². The number of nitrogens with zero attached hydrogens (tertiary/aromatic N) is 1. The van der Waals surface area contributed by atoms with Crippen LogP contribution in [0.5, 0.6) is 0 Å². The summed E-state index contributed by atoms with van der Waals surface area (Å²) in [5.74, 6) is 0.858. The van der Waals surface area contributed by atoms with Crippen LogP contribution in [-0.4, -0.2) is 31.8 Å². The summed E-state index contributed by atoms with van der Waals surface area (Å²) in [5.41, 5.74) is 1.22. The lowest BCUT2D eigenvalue weighted by molar-refractivity contribution is 0.114. The van der Waals surface area contributed by atoms with Gasteiger partial charge in [-0.2, -0.15) is 0 Å². The second-order valence-corrected chi connectivity index (χ2v) is 5.89. The molecule has 2 aromatic rings. The molecule has 0 spiro atoms. The molecule has 0 radical (unpaired) electrons. The molecule has 0 saturated carbocycles. The van der Waals surface area contributed by atoms with Gasteiger partial charge >= 0.3 is 0 Å². The molecular formula is C19H26IN3O. The summed E-state index contributed by atoms with van der Waals surface area (Å²) in [6.45, 7) is 5.32. The maximum absolute atomic E-state index is 5.65. The van der Waals surface area contributed by atoms with Gasteiger partial charge in [-0.05, 0) is 42.2 Å². The van der Waals surface area contributed by atoms with Crippen LogP contribution in [0.3, 0.4) is 0 Å². The van der Waals surface area contributed by atoms with Crippen molar-refractivity contribution < 1.29 is 4.74 Å². The average molecular weight is 439 g/mol. The Morgan fingerprint density at radius 3 is 2.75 bits per heavy atom. The Hall–Kier alpha value is -1.34. The van der Waals surface area contributed by atoms with E-state index in [-0.39, 0.29) is 24.0 Å². The monoisotopic (exact) mass is 439 g/mol. The minimum Gasteiger partial charge on any atom is -0.376 e. The number of fused-ring (bicyclic) bond motifs is 1. The topological polar surface area (TPSA) is 45.7 Å². The Balaban J connectivity index is 0.00000208. The molecule has 5 heteroatoms. The summed E-state index contributed by atoms with van der Waals surface area (Å²) in [4.78, 5) is 4.69. The third kappa shape index (κ3) is 5.34. The highest BCUT2D eigenvalue weighted by atomic mass is 127. The highest BCUT2D eigenvalue weighted by Crippen LogP contribution is 2.16. The molecule has 1 unspecified atom stereocenters. The molecule has 24 heavy (non-hydrogen) atoms. The van der Waals surface area contributed by atoms with Gasteiger partial charge in [-0.1, -0.05) is 36.4 Å². The highest BCUT2D eigenvalue weighted by Gasteiger charge is 2.15. The summed E-state index contributed by atoms with van der Waals surface area (Å²) in [5, 5.41) is 9.21. The molecule has 1 saturated heterocycles. The van der Waals surface area contributed by atoms with E-state index in [0.29, 0.717) is 12.6 Å². The maximum Gasteiger partial charge on any atom is 0.191 e. The summed E-state index contributed by atoms with van der Waals surface area (Å²) < 4.78 is 5.65. The van der Waals surface area contributed by atoms with Crippen LogP contribution in [0.25, 0.3) is 10.8 Å². The number of nitrogens with one attached hydrogen (secondary N) is 2. The molecule has 2 aromatic carbocycles. The third-order valence-corrected chi connectivity index (χ3v) is 4.10. The van der Waals surface area contributed by atoms with Crippen LogP contribution < -0.4 is 10.6 Å². The minimum atomic E-state index is 0. The predicted octanol–water partition coefficient (Wildman–Crippen LogP) is 3.69. The Kier molecular flexibility index (Phi) is 7.78. The quantitative estimate of drug-likeness (QED) is 0.425. The molecule has 1 aliphatic heterocycles. The van der Waals surface area contributed by atoms with E-state index in [1.54, 1.807) is 0 Å². The van der Waals surface area contributed by atoms with Crippen molar-refractivity contribution in [3.8, 4) is 0 Å². The van der Waals surface area contributed by atoms with Gasteiger partial charge in [0.25, 0.3) is 0 Å². The van der Waals surface area contributed by atoms with Gasteiger partial charge in [0.05, 0.1) is 12.6 Å². The standard InChI is InChI=1S/C19H25N3O.HI/c1-2-20-19(22-14-18-8-5-11-23-18)21-13-15-9-10-16-6-3-4-7-17(16)12-15;/h3-4,6-7,9-10,12,18H,2,5,8,11,13-14H2,1H3,(H2,20,21,22);1H. The van der Waals surface area contributed by atoms with Crippen molar-refractivity contribution in [2.24, 2.45) is 4.99 Å². The number of hydrogen-bond donors (Lipinski definition) is 2. The smallest absolute Gasteiger partial charge is 0.191 e. The van der Waals surface area contributed by atoms with Crippen LogP contribution in [-0.2, 0) is 11.3 Å². The summed E-state index contributed by atoms with van der Waals surface area (Å²) in [7, 11) is 0. The van der Waals surface area contributed by atoms with Gasteiger partial charge in [0, 0.05) is 19.7 Å². The lowest BCUT2D eigenvalue weighted by atomic mass is 10.1. The van der Waals surface area contributed by atoms with Crippen LogP contribution in [0.2, 0.25) is 0 Å². The number of hydrogen-bond acceptors (Lipinski definition) is 2. The Morgan fingerprint density at radius 2 is 2.00 bits per heavy atom. The lowest BCUT2D eigenvalue weighted by Crippen LogP contribution is -2.41. The Labute approximate surface area is 161 Å². The molecule has 1 heterocycles. The summed E-state index contributed by atoms with van der Waals surface area (Å²) >= 11 is 0. The van der Waals surface area contributed by atoms with Gasteiger partial charge < -0.3 is 15.4 Å². The fourth-order valence-electron chi connectivity index (χ4n) is 2.87. The molecule has 4 nitrogen and oxygen atoms in total. The van der Waals surface area contributed by atoms with Gasteiger partial charge in [0.2, 0.25) is 0 Å². The first-order valence-electron chi connectivity index (χ1n) is 8.46. The zero-order valence-electron chi connectivity index (χ0n) is 14.1. The van der Waals surface area contributed by atoms with Crippen LogP contribution in [0.15, 0.2) is 47.5 Å².